The monoisotopic (exact) mass is 263 g/mol. The summed E-state index contributed by atoms with van der Waals surface area (Å²) in [7, 11) is 2.02. The van der Waals surface area contributed by atoms with Gasteiger partial charge in [0.25, 0.3) is 0 Å². The van der Waals surface area contributed by atoms with Crippen LogP contribution in [0.25, 0.3) is 10.9 Å². The Kier molecular flexibility index (Phi) is 4.66. The van der Waals surface area contributed by atoms with E-state index in [1.165, 1.54) is 16.6 Å². The van der Waals surface area contributed by atoms with Crippen LogP contribution in [0.5, 0.6) is 0 Å². The van der Waals surface area contributed by atoms with E-state index < -0.39 is 0 Å². The molecule has 0 amide bonds. The van der Waals surface area contributed by atoms with Gasteiger partial charge in [0.05, 0.1) is 11.2 Å². The van der Waals surface area contributed by atoms with Gasteiger partial charge in [-0.1, -0.05) is 25.1 Å². The molecule has 0 saturated heterocycles. The van der Waals surface area contributed by atoms with Gasteiger partial charge in [-0.3, -0.25) is 4.68 Å². The average Bonchev–Trinajstić information content (AvgIpc) is 2.68. The molecule has 2 rings (SSSR count). The molecule has 0 aliphatic heterocycles. The van der Waals surface area contributed by atoms with Gasteiger partial charge >= 0.3 is 0 Å². The Balaban J connectivity index is 2.24. The van der Waals surface area contributed by atoms with E-state index in [-0.39, 0.29) is 0 Å². The minimum atomic E-state index is 0.503. The summed E-state index contributed by atoms with van der Waals surface area (Å²) in [5.74, 6) is 1.12. The summed E-state index contributed by atoms with van der Waals surface area (Å²) in [6.45, 7) is 3.17. The van der Waals surface area contributed by atoms with Crippen molar-refractivity contribution in [2.45, 2.75) is 19.4 Å². The highest BCUT2D eigenvalue weighted by Crippen LogP contribution is 2.19. The molecule has 0 spiro atoms. The van der Waals surface area contributed by atoms with Crippen LogP contribution < -0.4 is 5.32 Å². The van der Waals surface area contributed by atoms with Crippen molar-refractivity contribution >= 4 is 22.7 Å². The third-order valence-corrected chi connectivity index (χ3v) is 3.87. The molecule has 1 heterocycles. The summed E-state index contributed by atoms with van der Waals surface area (Å²) in [6, 6.07) is 8.95. The van der Waals surface area contributed by atoms with E-state index in [0.717, 1.165) is 18.7 Å². The highest BCUT2D eigenvalue weighted by Gasteiger charge is 2.13. The van der Waals surface area contributed by atoms with Crippen molar-refractivity contribution in [3.8, 4) is 0 Å². The molecule has 1 unspecified atom stereocenters. The summed E-state index contributed by atoms with van der Waals surface area (Å²) in [5, 5.41) is 9.48. The highest BCUT2D eigenvalue weighted by molar-refractivity contribution is 7.98. The molecule has 0 fully saturated rings. The number of likely N-dealkylation sites (N-methyl/N-ethyl adjacent to an activating group) is 1. The van der Waals surface area contributed by atoms with Crippen molar-refractivity contribution in [3.63, 3.8) is 0 Å². The summed E-state index contributed by atoms with van der Waals surface area (Å²) in [5.41, 5.74) is 2.42. The smallest absolute Gasteiger partial charge is 0.0719 e. The van der Waals surface area contributed by atoms with Crippen LogP contribution in [0.3, 0.4) is 0 Å². The number of aromatic nitrogens is 2. The minimum Gasteiger partial charge on any atom is -0.313 e. The zero-order chi connectivity index (χ0) is 13.0. The maximum absolute atomic E-state index is 4.66. The zero-order valence-electron chi connectivity index (χ0n) is 11.3. The Morgan fingerprint density at radius 2 is 2.17 bits per heavy atom. The molecule has 0 aliphatic rings. The molecule has 0 aliphatic carbocycles. The van der Waals surface area contributed by atoms with Gasteiger partial charge in [-0.25, -0.2) is 0 Å². The molecule has 98 valence electrons. The Hall–Kier alpha value is -1.00. The first-order valence-electron chi connectivity index (χ1n) is 6.39. The molecular weight excluding hydrogens is 242 g/mol. The lowest BCUT2D eigenvalue weighted by Crippen LogP contribution is -2.33. The van der Waals surface area contributed by atoms with Gasteiger partial charge < -0.3 is 5.32 Å². The fraction of sp³-hybridized carbons (Fsp3) is 0.500. The SMILES string of the molecule is CCNC(CSC)Cc1nn(C)c2ccccc12. The summed E-state index contributed by atoms with van der Waals surface area (Å²) in [6.07, 6.45) is 3.15. The molecule has 2 aromatic rings. The van der Waals surface area contributed by atoms with Crippen LogP contribution >= 0.6 is 11.8 Å². The number of benzene rings is 1. The topological polar surface area (TPSA) is 29.9 Å². The van der Waals surface area contributed by atoms with E-state index in [2.05, 4.69) is 47.9 Å². The van der Waals surface area contributed by atoms with Crippen molar-refractivity contribution < 1.29 is 0 Å². The van der Waals surface area contributed by atoms with Gasteiger partial charge in [0, 0.05) is 30.6 Å². The first kappa shape index (κ1) is 13.4. The van der Waals surface area contributed by atoms with E-state index in [1.54, 1.807) is 0 Å². The van der Waals surface area contributed by atoms with Gasteiger partial charge in [-0.05, 0) is 18.9 Å². The van der Waals surface area contributed by atoms with E-state index >= 15 is 0 Å². The predicted molar refractivity (Wildman–Crippen MR) is 80.3 cm³/mol. The molecule has 0 saturated carbocycles. The van der Waals surface area contributed by atoms with Crippen molar-refractivity contribution in [3.05, 3.63) is 30.0 Å². The zero-order valence-corrected chi connectivity index (χ0v) is 12.1. The number of fused-ring (bicyclic) bond motifs is 1. The predicted octanol–water partition coefficient (Wildman–Crippen LogP) is 2.46. The van der Waals surface area contributed by atoms with Crippen molar-refractivity contribution in [2.24, 2.45) is 7.05 Å². The van der Waals surface area contributed by atoms with E-state index in [0.29, 0.717) is 6.04 Å². The molecular formula is C14H21N3S. The number of para-hydroxylation sites is 1. The van der Waals surface area contributed by atoms with Gasteiger partial charge in [0.2, 0.25) is 0 Å². The first-order valence-corrected chi connectivity index (χ1v) is 7.78. The number of aryl methyl sites for hydroxylation is 1. The van der Waals surface area contributed by atoms with Crippen LogP contribution in [0.4, 0.5) is 0 Å². The second-order valence-corrected chi connectivity index (χ2v) is 5.41. The van der Waals surface area contributed by atoms with Crippen LogP contribution in [0.1, 0.15) is 12.6 Å². The van der Waals surface area contributed by atoms with Crippen molar-refractivity contribution in [2.75, 3.05) is 18.6 Å². The standard InChI is InChI=1S/C14H21N3S/c1-4-15-11(10-18-3)9-13-12-7-5-6-8-14(12)17(2)16-13/h5-8,11,15H,4,9-10H2,1-3H3. The highest BCUT2D eigenvalue weighted by atomic mass is 32.2. The van der Waals surface area contributed by atoms with Crippen molar-refractivity contribution in [1.29, 1.82) is 0 Å². The Labute approximate surface area is 113 Å². The van der Waals surface area contributed by atoms with Crippen LogP contribution in [0, 0.1) is 0 Å². The maximum atomic E-state index is 4.66. The lowest BCUT2D eigenvalue weighted by atomic mass is 10.1. The number of nitrogens with zero attached hydrogens (tertiary/aromatic N) is 2. The number of thioether (sulfide) groups is 1. The minimum absolute atomic E-state index is 0.503. The third-order valence-electron chi connectivity index (χ3n) is 3.13. The Morgan fingerprint density at radius 3 is 2.89 bits per heavy atom. The molecule has 1 aromatic heterocycles. The normalized spacial score (nSPS) is 13.1. The molecule has 3 nitrogen and oxygen atoms in total. The summed E-state index contributed by atoms with van der Waals surface area (Å²) < 4.78 is 1.98. The fourth-order valence-electron chi connectivity index (χ4n) is 2.35. The molecule has 18 heavy (non-hydrogen) atoms. The second kappa shape index (κ2) is 6.25. The summed E-state index contributed by atoms with van der Waals surface area (Å²) >= 11 is 1.88. The Bertz CT molecular complexity index is 501. The fourth-order valence-corrected chi connectivity index (χ4v) is 2.99. The molecule has 1 atom stereocenters. The number of hydrogen-bond donors (Lipinski definition) is 1. The van der Waals surface area contributed by atoms with Gasteiger partial charge in [0.15, 0.2) is 0 Å². The van der Waals surface area contributed by atoms with Gasteiger partial charge in [0.1, 0.15) is 0 Å². The maximum Gasteiger partial charge on any atom is 0.0719 e. The van der Waals surface area contributed by atoms with Crippen LogP contribution in [-0.2, 0) is 13.5 Å². The summed E-state index contributed by atoms with van der Waals surface area (Å²) in [4.78, 5) is 0. The Morgan fingerprint density at radius 1 is 1.39 bits per heavy atom. The average molecular weight is 263 g/mol. The van der Waals surface area contributed by atoms with Gasteiger partial charge in [-0.2, -0.15) is 16.9 Å². The van der Waals surface area contributed by atoms with Gasteiger partial charge in [-0.15, -0.1) is 0 Å². The number of hydrogen-bond acceptors (Lipinski definition) is 3. The molecule has 1 N–H and O–H groups in total. The molecule has 0 radical (unpaired) electrons. The number of rotatable bonds is 6. The van der Waals surface area contributed by atoms with Crippen LogP contribution in [0.2, 0.25) is 0 Å². The quantitative estimate of drug-likeness (QED) is 0.868. The lowest BCUT2D eigenvalue weighted by Gasteiger charge is -2.15. The molecule has 4 heteroatoms. The molecule has 0 bridgehead atoms. The lowest BCUT2D eigenvalue weighted by molar-refractivity contribution is 0.563. The van der Waals surface area contributed by atoms with E-state index in [9.17, 15) is 0 Å². The van der Waals surface area contributed by atoms with E-state index in [4.69, 9.17) is 0 Å². The first-order chi connectivity index (χ1) is 8.76. The van der Waals surface area contributed by atoms with Crippen LogP contribution in [-0.4, -0.2) is 34.4 Å². The van der Waals surface area contributed by atoms with E-state index in [1.807, 2.05) is 23.5 Å². The largest absolute Gasteiger partial charge is 0.313 e. The second-order valence-electron chi connectivity index (χ2n) is 4.50. The van der Waals surface area contributed by atoms with Crippen molar-refractivity contribution in [1.82, 2.24) is 15.1 Å². The molecule has 1 aromatic carbocycles. The third kappa shape index (κ3) is 2.87. The number of nitrogens with one attached hydrogen (secondary N) is 1. The van der Waals surface area contributed by atoms with Crippen LogP contribution in [0.15, 0.2) is 24.3 Å².